The number of amides is 1. The predicted octanol–water partition coefficient (Wildman–Crippen LogP) is 1.81. The normalized spacial score (nSPS) is 18.7. The third kappa shape index (κ3) is 4.23. The van der Waals surface area contributed by atoms with Gasteiger partial charge >= 0.3 is 0 Å². The molecule has 1 fully saturated rings. The lowest BCUT2D eigenvalue weighted by molar-refractivity contribution is -0.118. The van der Waals surface area contributed by atoms with Crippen molar-refractivity contribution in [1.29, 1.82) is 0 Å². The minimum absolute atomic E-state index is 0.0133. The Hall–Kier alpha value is -2.15. The van der Waals surface area contributed by atoms with E-state index in [0.717, 1.165) is 38.2 Å². The second-order valence-corrected chi connectivity index (χ2v) is 6.50. The summed E-state index contributed by atoms with van der Waals surface area (Å²) >= 11 is 0. The van der Waals surface area contributed by atoms with Crippen LogP contribution in [0.2, 0.25) is 0 Å². The van der Waals surface area contributed by atoms with Gasteiger partial charge in [-0.3, -0.25) is 14.4 Å². The number of aryl methyl sites for hydroxylation is 3. The molecule has 1 atom stereocenters. The molecule has 7 nitrogen and oxygen atoms in total. The van der Waals surface area contributed by atoms with Crippen LogP contribution in [0, 0.1) is 6.92 Å². The van der Waals surface area contributed by atoms with Crippen LogP contribution in [-0.2, 0) is 18.4 Å². The molecule has 0 aromatic carbocycles. The number of carbonyl (C=O) groups is 1. The van der Waals surface area contributed by atoms with Gasteiger partial charge in [0.2, 0.25) is 5.91 Å². The SMILES string of the molecule is Cc1nccn1CC[C@@H]1CCCCN1CC(=O)Nc1ccn(C)n1. The van der Waals surface area contributed by atoms with Crippen LogP contribution in [0.25, 0.3) is 0 Å². The number of nitrogens with zero attached hydrogens (tertiary/aromatic N) is 5. The number of imidazole rings is 1. The number of aromatic nitrogens is 4. The van der Waals surface area contributed by atoms with E-state index in [1.807, 2.05) is 38.6 Å². The van der Waals surface area contributed by atoms with Gasteiger partial charge in [-0.25, -0.2) is 4.98 Å². The molecule has 0 aliphatic carbocycles. The first kappa shape index (κ1) is 16.7. The van der Waals surface area contributed by atoms with E-state index in [4.69, 9.17) is 0 Å². The lowest BCUT2D eigenvalue weighted by Gasteiger charge is -2.35. The van der Waals surface area contributed by atoms with Gasteiger partial charge in [-0.05, 0) is 32.7 Å². The number of piperidine rings is 1. The summed E-state index contributed by atoms with van der Waals surface area (Å²) in [6.07, 6.45) is 10.3. The molecule has 0 radical (unpaired) electrons. The highest BCUT2D eigenvalue weighted by molar-refractivity contribution is 5.91. The van der Waals surface area contributed by atoms with Crippen LogP contribution in [-0.4, -0.2) is 49.3 Å². The Kier molecular flexibility index (Phi) is 5.30. The van der Waals surface area contributed by atoms with Gasteiger partial charge in [-0.1, -0.05) is 6.42 Å². The number of rotatable bonds is 6. The number of anilines is 1. The first-order valence-electron chi connectivity index (χ1n) is 8.63. The quantitative estimate of drug-likeness (QED) is 0.877. The van der Waals surface area contributed by atoms with Crippen LogP contribution >= 0.6 is 0 Å². The lowest BCUT2D eigenvalue weighted by atomic mass is 9.99. The van der Waals surface area contributed by atoms with E-state index >= 15 is 0 Å². The summed E-state index contributed by atoms with van der Waals surface area (Å²) in [6, 6.07) is 2.27. The average molecular weight is 330 g/mol. The van der Waals surface area contributed by atoms with Crippen molar-refractivity contribution in [3.05, 3.63) is 30.5 Å². The summed E-state index contributed by atoms with van der Waals surface area (Å²) in [7, 11) is 1.84. The summed E-state index contributed by atoms with van der Waals surface area (Å²) in [4.78, 5) is 18.9. The first-order chi connectivity index (χ1) is 11.6. The highest BCUT2D eigenvalue weighted by atomic mass is 16.2. The molecular formula is C17H26N6O. The van der Waals surface area contributed by atoms with Gasteiger partial charge < -0.3 is 9.88 Å². The molecule has 0 spiro atoms. The van der Waals surface area contributed by atoms with Gasteiger partial charge in [0.1, 0.15) is 5.82 Å². The molecule has 130 valence electrons. The maximum absolute atomic E-state index is 12.3. The van der Waals surface area contributed by atoms with Crippen molar-refractivity contribution in [2.45, 2.75) is 45.2 Å². The molecule has 0 unspecified atom stereocenters. The molecule has 0 saturated carbocycles. The zero-order valence-electron chi connectivity index (χ0n) is 14.5. The van der Waals surface area contributed by atoms with E-state index < -0.39 is 0 Å². The van der Waals surface area contributed by atoms with Crippen molar-refractivity contribution in [2.24, 2.45) is 7.05 Å². The molecule has 3 rings (SSSR count). The maximum atomic E-state index is 12.3. The zero-order chi connectivity index (χ0) is 16.9. The van der Waals surface area contributed by atoms with Crippen LogP contribution in [0.1, 0.15) is 31.5 Å². The Labute approximate surface area is 142 Å². The monoisotopic (exact) mass is 330 g/mol. The van der Waals surface area contributed by atoms with Gasteiger partial charge in [-0.2, -0.15) is 5.10 Å². The van der Waals surface area contributed by atoms with Crippen LogP contribution in [0.4, 0.5) is 5.82 Å². The molecule has 1 aliphatic heterocycles. The Bertz CT molecular complexity index is 676. The van der Waals surface area contributed by atoms with Crippen molar-refractivity contribution in [3.8, 4) is 0 Å². The van der Waals surface area contributed by atoms with Gasteiger partial charge in [0.15, 0.2) is 5.82 Å². The highest BCUT2D eigenvalue weighted by Crippen LogP contribution is 2.20. The van der Waals surface area contributed by atoms with Crippen molar-refractivity contribution < 1.29 is 4.79 Å². The molecule has 2 aromatic rings. The number of hydrogen-bond acceptors (Lipinski definition) is 4. The molecule has 1 aliphatic rings. The molecule has 2 aromatic heterocycles. The van der Waals surface area contributed by atoms with E-state index in [0.29, 0.717) is 18.4 Å². The minimum atomic E-state index is 0.0133. The molecule has 24 heavy (non-hydrogen) atoms. The smallest absolute Gasteiger partial charge is 0.239 e. The zero-order valence-corrected chi connectivity index (χ0v) is 14.5. The number of carbonyl (C=O) groups excluding carboxylic acids is 1. The topological polar surface area (TPSA) is 68.0 Å². The standard InChI is InChI=1S/C17H26N6O/c1-14-18-8-12-22(14)11-6-15-5-3-4-9-23(15)13-17(24)19-16-7-10-21(2)20-16/h7-8,10,12,15H,3-6,9,11,13H2,1-2H3,(H,19,20,24)/t15-/m0/s1. The molecule has 0 bridgehead atoms. The van der Waals surface area contributed by atoms with Crippen molar-refractivity contribution in [1.82, 2.24) is 24.2 Å². The fraction of sp³-hybridized carbons (Fsp3) is 0.588. The van der Waals surface area contributed by atoms with Crippen molar-refractivity contribution in [2.75, 3.05) is 18.4 Å². The van der Waals surface area contributed by atoms with Gasteiger partial charge in [-0.15, -0.1) is 0 Å². The Morgan fingerprint density at radius 2 is 2.25 bits per heavy atom. The van der Waals surface area contributed by atoms with Crippen LogP contribution in [0.5, 0.6) is 0 Å². The van der Waals surface area contributed by atoms with Crippen LogP contribution in [0.3, 0.4) is 0 Å². The number of hydrogen-bond donors (Lipinski definition) is 1. The Balaban J connectivity index is 1.53. The fourth-order valence-electron chi connectivity index (χ4n) is 3.37. The predicted molar refractivity (Wildman–Crippen MR) is 92.6 cm³/mol. The van der Waals surface area contributed by atoms with Gasteiger partial charge in [0.05, 0.1) is 6.54 Å². The van der Waals surface area contributed by atoms with Crippen molar-refractivity contribution in [3.63, 3.8) is 0 Å². The van der Waals surface area contributed by atoms with Crippen LogP contribution in [0.15, 0.2) is 24.7 Å². The van der Waals surface area contributed by atoms with E-state index in [2.05, 4.69) is 24.9 Å². The second-order valence-electron chi connectivity index (χ2n) is 6.50. The Morgan fingerprint density at radius 1 is 1.38 bits per heavy atom. The summed E-state index contributed by atoms with van der Waals surface area (Å²) in [5.74, 6) is 1.68. The lowest BCUT2D eigenvalue weighted by Crippen LogP contribution is -2.44. The Morgan fingerprint density at radius 3 is 2.96 bits per heavy atom. The van der Waals surface area contributed by atoms with E-state index in [9.17, 15) is 4.79 Å². The van der Waals surface area contributed by atoms with E-state index in [-0.39, 0.29) is 5.91 Å². The van der Waals surface area contributed by atoms with E-state index in [1.165, 1.54) is 6.42 Å². The summed E-state index contributed by atoms with van der Waals surface area (Å²) in [5, 5.41) is 7.08. The fourth-order valence-corrected chi connectivity index (χ4v) is 3.37. The highest BCUT2D eigenvalue weighted by Gasteiger charge is 2.24. The molecule has 3 heterocycles. The minimum Gasteiger partial charge on any atom is -0.335 e. The summed E-state index contributed by atoms with van der Waals surface area (Å²) < 4.78 is 3.87. The molecule has 1 N–H and O–H groups in total. The van der Waals surface area contributed by atoms with Gasteiger partial charge in [0, 0.05) is 44.3 Å². The number of nitrogens with one attached hydrogen (secondary N) is 1. The van der Waals surface area contributed by atoms with Crippen LogP contribution < -0.4 is 5.32 Å². The van der Waals surface area contributed by atoms with Crippen molar-refractivity contribution >= 4 is 11.7 Å². The second kappa shape index (κ2) is 7.61. The molecule has 7 heteroatoms. The third-order valence-electron chi connectivity index (χ3n) is 4.70. The van der Waals surface area contributed by atoms with E-state index in [1.54, 1.807) is 4.68 Å². The largest absolute Gasteiger partial charge is 0.335 e. The number of likely N-dealkylation sites (tertiary alicyclic amines) is 1. The average Bonchev–Trinajstić information content (AvgIpc) is 3.15. The molecule has 1 saturated heterocycles. The molecular weight excluding hydrogens is 304 g/mol. The summed E-state index contributed by atoms with van der Waals surface area (Å²) in [5.41, 5.74) is 0. The third-order valence-corrected chi connectivity index (χ3v) is 4.70. The summed E-state index contributed by atoms with van der Waals surface area (Å²) in [6.45, 7) is 4.40. The van der Waals surface area contributed by atoms with Gasteiger partial charge in [0.25, 0.3) is 0 Å². The maximum Gasteiger partial charge on any atom is 0.239 e. The molecule has 1 amide bonds. The first-order valence-corrected chi connectivity index (χ1v) is 8.63.